The molecule has 5 heteroatoms. The van der Waals surface area contributed by atoms with Gasteiger partial charge in [0.2, 0.25) is 0 Å². The summed E-state index contributed by atoms with van der Waals surface area (Å²) in [5.41, 5.74) is 2.72. The van der Waals surface area contributed by atoms with Crippen LogP contribution in [0, 0.1) is 0 Å². The topological polar surface area (TPSA) is 47.3 Å². The number of nitrogens with two attached hydrogens (primary N) is 1. The van der Waals surface area contributed by atoms with Crippen LogP contribution < -0.4 is 11.3 Å². The third-order valence-corrected chi connectivity index (χ3v) is 4.47. The number of halogens is 1. The maximum Gasteiger partial charge on any atom is 0.0931 e. The quantitative estimate of drug-likeness (QED) is 0.634. The molecule has 1 heterocycles. The highest BCUT2D eigenvalue weighted by molar-refractivity contribution is 7.16. The van der Waals surface area contributed by atoms with E-state index in [-0.39, 0.29) is 11.6 Å². The zero-order valence-corrected chi connectivity index (χ0v) is 10.2. The van der Waals surface area contributed by atoms with Gasteiger partial charge in [0, 0.05) is 12.0 Å². The van der Waals surface area contributed by atoms with Gasteiger partial charge in [-0.15, -0.1) is 11.3 Å². The van der Waals surface area contributed by atoms with Crippen LogP contribution in [0.5, 0.6) is 0 Å². The van der Waals surface area contributed by atoms with E-state index in [0.29, 0.717) is 0 Å². The Morgan fingerprint density at radius 1 is 1.60 bits per heavy atom. The summed E-state index contributed by atoms with van der Waals surface area (Å²) in [5.74, 6) is 5.62. The molecule has 0 amide bonds. The second-order valence-electron chi connectivity index (χ2n) is 3.86. The van der Waals surface area contributed by atoms with Gasteiger partial charge in [-0.1, -0.05) is 11.6 Å². The van der Waals surface area contributed by atoms with Gasteiger partial charge in [-0.25, -0.2) is 5.43 Å². The van der Waals surface area contributed by atoms with Crippen LogP contribution in [0.25, 0.3) is 0 Å². The summed E-state index contributed by atoms with van der Waals surface area (Å²) in [6.45, 7) is 0. The second-order valence-corrected chi connectivity index (χ2v) is 5.61. The van der Waals surface area contributed by atoms with E-state index in [1.54, 1.807) is 18.4 Å². The average molecular weight is 247 g/mol. The van der Waals surface area contributed by atoms with Crippen molar-refractivity contribution < 1.29 is 4.74 Å². The molecule has 1 saturated carbocycles. The Labute approximate surface area is 98.5 Å². The number of hydrazine groups is 1. The summed E-state index contributed by atoms with van der Waals surface area (Å²) in [4.78, 5) is 1.14. The molecule has 0 saturated heterocycles. The van der Waals surface area contributed by atoms with Gasteiger partial charge in [-0.2, -0.15) is 0 Å². The molecule has 3 nitrogen and oxygen atoms in total. The summed E-state index contributed by atoms with van der Waals surface area (Å²) in [5, 5.41) is 0. The molecular weight excluding hydrogens is 232 g/mol. The first-order chi connectivity index (χ1) is 7.22. The van der Waals surface area contributed by atoms with E-state index in [4.69, 9.17) is 22.2 Å². The van der Waals surface area contributed by atoms with Gasteiger partial charge in [0.05, 0.1) is 16.0 Å². The highest BCUT2D eigenvalue weighted by Crippen LogP contribution is 2.46. The Kier molecular flexibility index (Phi) is 3.33. The van der Waals surface area contributed by atoms with Gasteiger partial charge in [0.1, 0.15) is 0 Å². The summed E-state index contributed by atoms with van der Waals surface area (Å²) in [6.07, 6.45) is 3.30. The van der Waals surface area contributed by atoms with Crippen molar-refractivity contribution in [3.63, 3.8) is 0 Å². The largest absolute Gasteiger partial charge is 0.376 e. The van der Waals surface area contributed by atoms with Crippen LogP contribution in [0.4, 0.5) is 0 Å². The molecule has 1 aromatic heterocycles. The fourth-order valence-corrected chi connectivity index (χ4v) is 3.34. The molecule has 2 rings (SSSR count). The predicted molar refractivity (Wildman–Crippen MR) is 63.0 cm³/mol. The van der Waals surface area contributed by atoms with E-state index in [1.165, 1.54) is 6.42 Å². The molecule has 0 radical (unpaired) electrons. The minimum absolute atomic E-state index is 0.0498. The molecule has 3 N–H and O–H groups in total. The Morgan fingerprint density at radius 3 is 2.67 bits per heavy atom. The van der Waals surface area contributed by atoms with Crippen LogP contribution in [0.1, 0.15) is 30.2 Å². The fourth-order valence-electron chi connectivity index (χ4n) is 2.11. The highest BCUT2D eigenvalue weighted by Gasteiger charge is 2.45. The molecule has 0 aliphatic heterocycles. The van der Waals surface area contributed by atoms with Crippen LogP contribution >= 0.6 is 22.9 Å². The number of hydrogen-bond donors (Lipinski definition) is 2. The molecule has 84 valence electrons. The molecule has 0 aromatic carbocycles. The van der Waals surface area contributed by atoms with Gasteiger partial charge < -0.3 is 4.74 Å². The molecule has 1 aliphatic carbocycles. The summed E-state index contributed by atoms with van der Waals surface area (Å²) >= 11 is 7.48. The van der Waals surface area contributed by atoms with E-state index >= 15 is 0 Å². The first-order valence-electron chi connectivity index (χ1n) is 4.98. The number of hydrogen-bond acceptors (Lipinski definition) is 4. The molecule has 0 spiro atoms. The van der Waals surface area contributed by atoms with Gasteiger partial charge >= 0.3 is 0 Å². The number of nitrogens with one attached hydrogen (secondary N) is 1. The molecule has 15 heavy (non-hydrogen) atoms. The van der Waals surface area contributed by atoms with Crippen molar-refractivity contribution in [3.05, 3.63) is 21.3 Å². The molecule has 1 aromatic rings. The van der Waals surface area contributed by atoms with Crippen molar-refractivity contribution >= 4 is 22.9 Å². The van der Waals surface area contributed by atoms with Crippen LogP contribution in [0.15, 0.2) is 12.1 Å². The first-order valence-corrected chi connectivity index (χ1v) is 6.18. The summed E-state index contributed by atoms with van der Waals surface area (Å²) in [6, 6.07) is 3.96. The molecule has 0 bridgehead atoms. The standard InChI is InChI=1S/C10H15ClN2OS/c1-14-10(5-2-6-10)9(13-12)7-3-4-8(11)15-7/h3-4,9,13H,2,5-6,12H2,1H3. The molecule has 1 unspecified atom stereocenters. The number of rotatable bonds is 4. The first kappa shape index (κ1) is 11.4. The van der Waals surface area contributed by atoms with E-state index in [2.05, 4.69) is 5.43 Å². The smallest absolute Gasteiger partial charge is 0.0931 e. The normalized spacial score (nSPS) is 21.0. The molecular formula is C10H15ClN2OS. The zero-order chi connectivity index (χ0) is 10.9. The van der Waals surface area contributed by atoms with Crippen LogP contribution in [-0.2, 0) is 4.74 Å². The predicted octanol–water partition coefficient (Wildman–Crippen LogP) is 2.48. The van der Waals surface area contributed by atoms with Gasteiger partial charge in [0.15, 0.2) is 0 Å². The number of methoxy groups -OCH3 is 1. The lowest BCUT2D eigenvalue weighted by atomic mass is 9.74. The van der Waals surface area contributed by atoms with Crippen LogP contribution in [0.3, 0.4) is 0 Å². The lowest BCUT2D eigenvalue weighted by Crippen LogP contribution is -2.52. The number of ether oxygens (including phenoxy) is 1. The zero-order valence-electron chi connectivity index (χ0n) is 8.63. The minimum Gasteiger partial charge on any atom is -0.376 e. The minimum atomic E-state index is -0.136. The fraction of sp³-hybridized carbons (Fsp3) is 0.600. The second kappa shape index (κ2) is 4.39. The maximum atomic E-state index is 5.93. The van der Waals surface area contributed by atoms with Crippen molar-refractivity contribution in [2.24, 2.45) is 5.84 Å². The van der Waals surface area contributed by atoms with E-state index in [0.717, 1.165) is 22.1 Å². The van der Waals surface area contributed by atoms with Crippen molar-refractivity contribution in [1.82, 2.24) is 5.43 Å². The monoisotopic (exact) mass is 246 g/mol. The van der Waals surface area contributed by atoms with E-state index in [1.807, 2.05) is 12.1 Å². The van der Waals surface area contributed by atoms with Crippen LogP contribution in [-0.4, -0.2) is 12.7 Å². The summed E-state index contributed by atoms with van der Waals surface area (Å²) in [7, 11) is 1.75. The van der Waals surface area contributed by atoms with Gasteiger partial charge in [0.25, 0.3) is 0 Å². The number of thiophene rings is 1. The Hall–Kier alpha value is -0.130. The molecule has 1 atom stereocenters. The third kappa shape index (κ3) is 1.92. The van der Waals surface area contributed by atoms with E-state index < -0.39 is 0 Å². The van der Waals surface area contributed by atoms with Crippen molar-refractivity contribution in [2.45, 2.75) is 30.9 Å². The Morgan fingerprint density at radius 2 is 2.33 bits per heavy atom. The van der Waals surface area contributed by atoms with Crippen molar-refractivity contribution in [1.29, 1.82) is 0 Å². The SMILES string of the molecule is COC1(C(NN)c2ccc(Cl)s2)CCC1. The highest BCUT2D eigenvalue weighted by atomic mass is 35.5. The maximum absolute atomic E-state index is 5.93. The van der Waals surface area contributed by atoms with Gasteiger partial charge in [-0.3, -0.25) is 5.84 Å². The third-order valence-electron chi connectivity index (χ3n) is 3.18. The lowest BCUT2D eigenvalue weighted by Gasteiger charge is -2.45. The van der Waals surface area contributed by atoms with Crippen molar-refractivity contribution in [2.75, 3.05) is 7.11 Å². The molecule has 1 aliphatic rings. The lowest BCUT2D eigenvalue weighted by molar-refractivity contribution is -0.0991. The Balaban J connectivity index is 2.23. The van der Waals surface area contributed by atoms with Crippen LogP contribution in [0.2, 0.25) is 4.34 Å². The Bertz CT molecular complexity index is 332. The summed E-state index contributed by atoms with van der Waals surface area (Å²) < 4.78 is 6.40. The molecule has 1 fully saturated rings. The average Bonchev–Trinajstić information content (AvgIpc) is 2.58. The van der Waals surface area contributed by atoms with Gasteiger partial charge in [-0.05, 0) is 31.4 Å². The van der Waals surface area contributed by atoms with E-state index in [9.17, 15) is 0 Å². The van der Waals surface area contributed by atoms with Crippen molar-refractivity contribution in [3.8, 4) is 0 Å².